The Hall–Kier alpha value is -1.06. The van der Waals surface area contributed by atoms with Gasteiger partial charge in [0, 0.05) is 12.8 Å². The number of hydrogen-bond acceptors (Lipinski definition) is 3. The van der Waals surface area contributed by atoms with Crippen LogP contribution in [0.25, 0.3) is 0 Å². The van der Waals surface area contributed by atoms with E-state index in [1.165, 1.54) is 128 Å². The first-order valence-electron chi connectivity index (χ1n) is 17.5. The summed E-state index contributed by atoms with van der Waals surface area (Å²) in [6.07, 6.45) is 35.8. The van der Waals surface area contributed by atoms with E-state index in [9.17, 15) is 9.59 Å². The largest absolute Gasteiger partial charge is 0.481 e. The van der Waals surface area contributed by atoms with Crippen LogP contribution in [0.1, 0.15) is 206 Å². The summed E-state index contributed by atoms with van der Waals surface area (Å²) >= 11 is 0. The highest BCUT2D eigenvalue weighted by atomic mass is 16.5. The van der Waals surface area contributed by atoms with Crippen LogP contribution in [-0.2, 0) is 14.3 Å². The van der Waals surface area contributed by atoms with Crippen LogP contribution in [0.5, 0.6) is 0 Å². The van der Waals surface area contributed by atoms with Crippen LogP contribution >= 0.6 is 0 Å². The molecule has 0 aliphatic carbocycles. The smallest absolute Gasteiger partial charge is 0.306 e. The fourth-order valence-corrected chi connectivity index (χ4v) is 5.47. The van der Waals surface area contributed by atoms with Crippen molar-refractivity contribution in [3.63, 3.8) is 0 Å². The van der Waals surface area contributed by atoms with Crippen LogP contribution in [0.15, 0.2) is 0 Å². The second-order valence-corrected chi connectivity index (χ2v) is 12.1. The summed E-state index contributed by atoms with van der Waals surface area (Å²) in [5.41, 5.74) is 0. The lowest BCUT2D eigenvalue weighted by atomic mass is 10.0. The third-order valence-electron chi connectivity index (χ3n) is 8.08. The van der Waals surface area contributed by atoms with Gasteiger partial charge in [-0.2, -0.15) is 0 Å². The number of ether oxygens (including phenoxy) is 1. The van der Waals surface area contributed by atoms with Crippen molar-refractivity contribution in [2.24, 2.45) is 0 Å². The predicted molar refractivity (Wildman–Crippen MR) is 167 cm³/mol. The number of esters is 1. The second kappa shape index (κ2) is 31.5. The van der Waals surface area contributed by atoms with Crippen LogP contribution in [0.2, 0.25) is 0 Å². The Labute approximate surface area is 243 Å². The van der Waals surface area contributed by atoms with Crippen LogP contribution in [0.3, 0.4) is 0 Å². The Bertz CT molecular complexity index is 519. The van der Waals surface area contributed by atoms with Crippen molar-refractivity contribution in [1.82, 2.24) is 0 Å². The molecule has 0 bridgehead atoms. The Kier molecular flexibility index (Phi) is 30.6. The normalized spacial score (nSPS) is 12.1. The fourth-order valence-electron chi connectivity index (χ4n) is 5.47. The number of rotatable bonds is 32. The summed E-state index contributed by atoms with van der Waals surface area (Å²) < 4.78 is 5.90. The highest BCUT2D eigenvalue weighted by Crippen LogP contribution is 2.18. The molecule has 1 atom stereocenters. The quantitative estimate of drug-likeness (QED) is 0.0665. The third-order valence-corrected chi connectivity index (χ3v) is 8.08. The van der Waals surface area contributed by atoms with Crippen molar-refractivity contribution in [3.05, 3.63) is 0 Å². The Morgan fingerprint density at radius 3 is 1.21 bits per heavy atom. The second-order valence-electron chi connectivity index (χ2n) is 12.1. The molecule has 0 aromatic carbocycles. The molecule has 1 N–H and O–H groups in total. The summed E-state index contributed by atoms with van der Waals surface area (Å²) in [6.45, 7) is 4.49. The number of carboxylic acids is 1. The van der Waals surface area contributed by atoms with Gasteiger partial charge in [-0.1, -0.05) is 162 Å². The van der Waals surface area contributed by atoms with E-state index in [1.54, 1.807) is 0 Å². The first kappa shape index (κ1) is 37.9. The number of carbonyl (C=O) groups excluding carboxylic acids is 1. The van der Waals surface area contributed by atoms with Crippen molar-refractivity contribution in [2.45, 2.75) is 213 Å². The molecule has 0 saturated carbocycles. The van der Waals surface area contributed by atoms with E-state index in [1.807, 2.05) is 0 Å². The van der Waals surface area contributed by atoms with E-state index in [4.69, 9.17) is 9.84 Å². The minimum atomic E-state index is -0.669. The summed E-state index contributed by atoms with van der Waals surface area (Å²) in [7, 11) is 0. The van der Waals surface area contributed by atoms with Gasteiger partial charge >= 0.3 is 11.9 Å². The average molecular weight is 553 g/mol. The maximum Gasteiger partial charge on any atom is 0.306 e. The molecule has 0 aromatic heterocycles. The zero-order valence-corrected chi connectivity index (χ0v) is 26.5. The number of aliphatic carboxylic acids is 1. The van der Waals surface area contributed by atoms with Crippen LogP contribution in [0.4, 0.5) is 0 Å². The SMILES string of the molecule is CCCCCCCCCCCCCCC(=O)OC(CCCC)CCCCCCCCCCCCCCC(=O)O. The first-order valence-corrected chi connectivity index (χ1v) is 17.5. The molecule has 0 fully saturated rings. The van der Waals surface area contributed by atoms with E-state index in [0.29, 0.717) is 12.8 Å². The van der Waals surface area contributed by atoms with Crippen molar-refractivity contribution < 1.29 is 19.4 Å². The minimum absolute atomic E-state index is 0.0325. The molecule has 4 heteroatoms. The van der Waals surface area contributed by atoms with Gasteiger partial charge < -0.3 is 9.84 Å². The molecule has 0 rings (SSSR count). The molecule has 39 heavy (non-hydrogen) atoms. The monoisotopic (exact) mass is 553 g/mol. The highest BCUT2D eigenvalue weighted by molar-refractivity contribution is 5.69. The van der Waals surface area contributed by atoms with Gasteiger partial charge in [-0.05, 0) is 32.1 Å². The standard InChI is InChI=1S/C35H68O4/c1-3-5-7-8-9-10-11-16-19-22-25-28-32-35(38)39-33(29-6-4-2)30-26-23-20-17-14-12-13-15-18-21-24-27-31-34(36)37/h33H,3-32H2,1-2H3,(H,36,37). The molecule has 0 aliphatic rings. The number of carboxylic acid groups (broad SMARTS) is 1. The summed E-state index contributed by atoms with van der Waals surface area (Å²) in [5.74, 6) is -0.636. The molecule has 232 valence electrons. The molecule has 0 amide bonds. The van der Waals surface area contributed by atoms with Gasteiger partial charge in [0.05, 0.1) is 0 Å². The lowest BCUT2D eigenvalue weighted by Gasteiger charge is -2.18. The minimum Gasteiger partial charge on any atom is -0.481 e. The number of unbranched alkanes of at least 4 members (excludes halogenated alkanes) is 23. The number of carbonyl (C=O) groups is 2. The Balaban J connectivity index is 3.63. The molecule has 0 radical (unpaired) electrons. The molecular weight excluding hydrogens is 484 g/mol. The third kappa shape index (κ3) is 31.3. The van der Waals surface area contributed by atoms with Gasteiger partial charge in [0.25, 0.3) is 0 Å². The molecule has 0 spiro atoms. The zero-order valence-electron chi connectivity index (χ0n) is 26.5. The van der Waals surface area contributed by atoms with E-state index in [0.717, 1.165) is 51.4 Å². The topological polar surface area (TPSA) is 63.6 Å². The molecule has 0 heterocycles. The lowest BCUT2D eigenvalue weighted by molar-refractivity contribution is -0.150. The van der Waals surface area contributed by atoms with Gasteiger partial charge in [0.2, 0.25) is 0 Å². The maximum absolute atomic E-state index is 12.4. The summed E-state index contributed by atoms with van der Waals surface area (Å²) in [6, 6.07) is 0. The van der Waals surface area contributed by atoms with E-state index in [2.05, 4.69) is 13.8 Å². The van der Waals surface area contributed by atoms with Crippen LogP contribution in [-0.4, -0.2) is 23.1 Å². The van der Waals surface area contributed by atoms with Crippen molar-refractivity contribution in [3.8, 4) is 0 Å². The van der Waals surface area contributed by atoms with Crippen LogP contribution < -0.4 is 0 Å². The number of hydrogen-bond donors (Lipinski definition) is 1. The molecule has 0 aromatic rings. The molecule has 4 nitrogen and oxygen atoms in total. The predicted octanol–water partition coefficient (Wildman–Crippen LogP) is 11.7. The van der Waals surface area contributed by atoms with Crippen molar-refractivity contribution in [1.29, 1.82) is 0 Å². The summed E-state index contributed by atoms with van der Waals surface area (Å²) in [5, 5.41) is 8.65. The van der Waals surface area contributed by atoms with Gasteiger partial charge in [0.15, 0.2) is 0 Å². The zero-order chi connectivity index (χ0) is 28.7. The maximum atomic E-state index is 12.4. The first-order chi connectivity index (χ1) is 19.1. The molecule has 0 aliphatic heterocycles. The van der Waals surface area contributed by atoms with Gasteiger partial charge in [-0.25, -0.2) is 0 Å². The molecule has 1 unspecified atom stereocenters. The van der Waals surface area contributed by atoms with E-state index in [-0.39, 0.29) is 12.1 Å². The lowest BCUT2D eigenvalue weighted by Crippen LogP contribution is -2.18. The van der Waals surface area contributed by atoms with Crippen LogP contribution in [0, 0.1) is 0 Å². The molecule has 0 saturated heterocycles. The molecular formula is C35H68O4. The fraction of sp³-hybridized carbons (Fsp3) is 0.943. The van der Waals surface area contributed by atoms with Gasteiger partial charge in [-0.3, -0.25) is 9.59 Å². The van der Waals surface area contributed by atoms with Crippen molar-refractivity contribution in [2.75, 3.05) is 0 Å². The average Bonchev–Trinajstić information content (AvgIpc) is 2.92. The Morgan fingerprint density at radius 1 is 0.462 bits per heavy atom. The Morgan fingerprint density at radius 2 is 0.795 bits per heavy atom. The van der Waals surface area contributed by atoms with E-state index < -0.39 is 5.97 Å². The summed E-state index contributed by atoms with van der Waals surface area (Å²) in [4.78, 5) is 22.9. The van der Waals surface area contributed by atoms with E-state index >= 15 is 0 Å². The van der Waals surface area contributed by atoms with Gasteiger partial charge in [-0.15, -0.1) is 0 Å². The van der Waals surface area contributed by atoms with Gasteiger partial charge in [0.1, 0.15) is 6.10 Å². The highest BCUT2D eigenvalue weighted by Gasteiger charge is 2.13. The van der Waals surface area contributed by atoms with Crippen molar-refractivity contribution >= 4 is 11.9 Å².